The van der Waals surface area contributed by atoms with Crippen molar-refractivity contribution in [2.45, 2.75) is 101 Å². The van der Waals surface area contributed by atoms with Crippen molar-refractivity contribution >= 4 is 22.5 Å². The number of ether oxygens (including phenoxy) is 2. The number of fused-ring (bicyclic) bond motifs is 3. The number of pyridine rings is 1. The Hall–Kier alpha value is -2.90. The van der Waals surface area contributed by atoms with Crippen LogP contribution < -0.4 is 9.80 Å². The van der Waals surface area contributed by atoms with Crippen LogP contribution >= 0.6 is 0 Å². The molecule has 4 aliphatic heterocycles. The summed E-state index contributed by atoms with van der Waals surface area (Å²) in [5, 5.41) is 19.8. The number of piperidine rings is 1. The molecule has 13 heteroatoms. The van der Waals surface area contributed by atoms with E-state index in [9.17, 15) is 18.3 Å². The molecule has 4 aliphatic rings. The SMILES string of the molecule is CC[C@]1(O)CCN(c2cc(N3C4CCC3COC4)nc3c2c(C(F)(F)F)nn3-c2ccn(C3CCCCO3)n2)[C@H](C)C1. The van der Waals surface area contributed by atoms with E-state index in [2.05, 4.69) is 15.1 Å². The number of aliphatic hydroxyl groups is 1. The average molecular weight is 590 g/mol. The smallest absolute Gasteiger partial charge is 0.390 e. The van der Waals surface area contributed by atoms with Crippen LogP contribution in [-0.2, 0) is 15.7 Å². The standard InChI is InChI=1S/C29H38F3N7O3/c1-3-28(40)10-12-36(18(2)15-28)21-14-23(38-19-7-8-20(38)17-41-16-19)33-27-25(21)26(29(30,31)32)35-39(27)22-9-11-37(34-22)24-6-4-5-13-42-24/h9,11,14,18-20,24,40H,3-8,10,12-13,15-17H2,1-2H3/t18-,19?,20?,24?,28+/m1/s1. The molecule has 7 rings (SSSR count). The number of alkyl halides is 3. The topological polar surface area (TPSA) is 93.7 Å². The zero-order valence-corrected chi connectivity index (χ0v) is 24.1. The van der Waals surface area contributed by atoms with E-state index >= 15 is 0 Å². The number of nitrogens with zero attached hydrogens (tertiary/aromatic N) is 7. The van der Waals surface area contributed by atoms with Crippen LogP contribution in [0.5, 0.6) is 0 Å². The molecule has 0 aromatic carbocycles. The van der Waals surface area contributed by atoms with E-state index in [0.717, 1.165) is 32.1 Å². The quantitative estimate of drug-likeness (QED) is 0.453. The van der Waals surface area contributed by atoms with Crippen LogP contribution in [0.3, 0.4) is 0 Å². The van der Waals surface area contributed by atoms with Gasteiger partial charge in [-0.2, -0.15) is 28.1 Å². The molecule has 3 unspecified atom stereocenters. The second-order valence-corrected chi connectivity index (χ2v) is 12.3. The Balaban J connectivity index is 1.41. The van der Waals surface area contributed by atoms with Crippen LogP contribution in [0.25, 0.3) is 16.9 Å². The Morgan fingerprint density at radius 2 is 1.88 bits per heavy atom. The molecular formula is C29H38F3N7O3. The molecule has 4 fully saturated rings. The first-order valence-corrected chi connectivity index (χ1v) is 15.2. The molecule has 10 nitrogen and oxygen atoms in total. The Labute approximate surface area is 242 Å². The van der Waals surface area contributed by atoms with E-state index in [1.165, 1.54) is 4.68 Å². The third kappa shape index (κ3) is 4.73. The van der Waals surface area contributed by atoms with Crippen molar-refractivity contribution in [1.29, 1.82) is 0 Å². The lowest BCUT2D eigenvalue weighted by atomic mass is 9.84. The molecule has 0 amide bonds. The van der Waals surface area contributed by atoms with Crippen LogP contribution in [0.4, 0.5) is 24.7 Å². The number of hydrogen-bond donors (Lipinski definition) is 1. The highest BCUT2D eigenvalue weighted by atomic mass is 19.4. The van der Waals surface area contributed by atoms with Crippen molar-refractivity contribution < 1.29 is 27.8 Å². The number of morpholine rings is 1. The van der Waals surface area contributed by atoms with Crippen LogP contribution in [0.1, 0.15) is 77.1 Å². The third-order valence-electron chi connectivity index (χ3n) is 9.63. The average Bonchev–Trinajstić information content (AvgIpc) is 3.67. The summed E-state index contributed by atoms with van der Waals surface area (Å²) in [4.78, 5) is 9.13. The summed E-state index contributed by atoms with van der Waals surface area (Å²) in [6.07, 6.45) is 2.96. The first-order chi connectivity index (χ1) is 20.1. The number of aromatic nitrogens is 5. The lowest BCUT2D eigenvalue weighted by molar-refractivity contribution is -0.140. The van der Waals surface area contributed by atoms with Gasteiger partial charge in [-0.05, 0) is 58.3 Å². The minimum Gasteiger partial charge on any atom is -0.390 e. The van der Waals surface area contributed by atoms with Crippen LogP contribution in [0, 0.1) is 0 Å². The van der Waals surface area contributed by atoms with Gasteiger partial charge < -0.3 is 24.4 Å². The molecule has 3 aromatic heterocycles. The van der Waals surface area contributed by atoms with E-state index < -0.39 is 17.5 Å². The monoisotopic (exact) mass is 589 g/mol. The van der Waals surface area contributed by atoms with E-state index in [4.69, 9.17) is 14.5 Å². The number of halogens is 3. The number of hydrogen-bond acceptors (Lipinski definition) is 8. The molecule has 0 radical (unpaired) electrons. The van der Waals surface area contributed by atoms with Gasteiger partial charge in [0, 0.05) is 37.5 Å². The van der Waals surface area contributed by atoms with Crippen molar-refractivity contribution in [3.63, 3.8) is 0 Å². The summed E-state index contributed by atoms with van der Waals surface area (Å²) in [5.74, 6) is 0.888. The van der Waals surface area contributed by atoms with Crippen LogP contribution in [-0.4, -0.2) is 79.7 Å². The van der Waals surface area contributed by atoms with Gasteiger partial charge in [-0.3, -0.25) is 0 Å². The summed E-state index contributed by atoms with van der Waals surface area (Å²) >= 11 is 0. The van der Waals surface area contributed by atoms with Crippen molar-refractivity contribution in [2.75, 3.05) is 36.2 Å². The normalized spacial score (nSPS) is 30.4. The maximum absolute atomic E-state index is 14.7. The minimum atomic E-state index is -4.71. The predicted molar refractivity (Wildman–Crippen MR) is 150 cm³/mol. The van der Waals surface area contributed by atoms with Crippen molar-refractivity contribution in [1.82, 2.24) is 24.5 Å². The second kappa shape index (κ2) is 10.4. The van der Waals surface area contributed by atoms with E-state index in [-0.39, 0.29) is 41.2 Å². The largest absolute Gasteiger partial charge is 0.435 e. The van der Waals surface area contributed by atoms with Gasteiger partial charge in [-0.1, -0.05) is 6.92 Å². The molecule has 0 spiro atoms. The fourth-order valence-corrected chi connectivity index (χ4v) is 7.33. The summed E-state index contributed by atoms with van der Waals surface area (Å²) in [6, 6.07) is 3.53. The molecule has 3 aromatic rings. The Bertz CT molecular complexity index is 1440. The fourth-order valence-electron chi connectivity index (χ4n) is 7.33. The van der Waals surface area contributed by atoms with E-state index in [1.807, 2.05) is 24.8 Å². The van der Waals surface area contributed by atoms with Gasteiger partial charge in [0.15, 0.2) is 17.2 Å². The molecule has 1 N–H and O–H groups in total. The molecule has 0 saturated carbocycles. The number of anilines is 2. The Kier molecular flexibility index (Phi) is 6.89. The molecule has 42 heavy (non-hydrogen) atoms. The second-order valence-electron chi connectivity index (χ2n) is 12.3. The van der Waals surface area contributed by atoms with Crippen molar-refractivity contribution in [2.24, 2.45) is 0 Å². The maximum Gasteiger partial charge on any atom is 0.435 e. The Morgan fingerprint density at radius 3 is 2.55 bits per heavy atom. The van der Waals surface area contributed by atoms with Gasteiger partial charge in [0.2, 0.25) is 0 Å². The van der Waals surface area contributed by atoms with Crippen molar-refractivity contribution in [3.05, 3.63) is 24.0 Å². The Morgan fingerprint density at radius 1 is 1.10 bits per heavy atom. The first-order valence-electron chi connectivity index (χ1n) is 15.2. The highest BCUT2D eigenvalue weighted by Crippen LogP contribution is 2.45. The van der Waals surface area contributed by atoms with Crippen molar-refractivity contribution in [3.8, 4) is 5.82 Å². The van der Waals surface area contributed by atoms with Gasteiger partial charge >= 0.3 is 6.18 Å². The van der Waals surface area contributed by atoms with Gasteiger partial charge in [-0.25, -0.2) is 9.67 Å². The maximum atomic E-state index is 14.7. The number of rotatable bonds is 5. The molecule has 0 aliphatic carbocycles. The summed E-state index contributed by atoms with van der Waals surface area (Å²) < 4.78 is 58.7. The lowest BCUT2D eigenvalue weighted by Crippen LogP contribution is -2.49. The zero-order chi connectivity index (χ0) is 29.2. The van der Waals surface area contributed by atoms with Crippen LogP contribution in [0.15, 0.2) is 18.3 Å². The van der Waals surface area contributed by atoms with Crippen LogP contribution in [0.2, 0.25) is 0 Å². The minimum absolute atomic E-state index is 0.0379. The van der Waals surface area contributed by atoms with Gasteiger partial charge in [0.05, 0.1) is 42.0 Å². The third-order valence-corrected chi connectivity index (χ3v) is 9.63. The zero-order valence-electron chi connectivity index (χ0n) is 24.1. The fraction of sp³-hybridized carbons (Fsp3) is 0.690. The van der Waals surface area contributed by atoms with Gasteiger partial charge in [-0.15, -0.1) is 0 Å². The summed E-state index contributed by atoms with van der Waals surface area (Å²) in [6.45, 7) is 6.09. The molecule has 5 atom stereocenters. The predicted octanol–water partition coefficient (Wildman–Crippen LogP) is 4.83. The summed E-state index contributed by atoms with van der Waals surface area (Å²) in [5.41, 5.74) is -1.25. The molecule has 7 heterocycles. The molecular weight excluding hydrogens is 551 g/mol. The molecule has 228 valence electrons. The van der Waals surface area contributed by atoms with E-state index in [0.29, 0.717) is 57.1 Å². The highest BCUT2D eigenvalue weighted by Gasteiger charge is 2.44. The molecule has 4 saturated heterocycles. The van der Waals surface area contributed by atoms with Gasteiger partial charge in [0.25, 0.3) is 0 Å². The lowest BCUT2D eigenvalue weighted by Gasteiger charge is -2.44. The summed E-state index contributed by atoms with van der Waals surface area (Å²) in [7, 11) is 0. The highest BCUT2D eigenvalue weighted by molar-refractivity contribution is 5.95. The van der Waals surface area contributed by atoms with E-state index in [1.54, 1.807) is 16.9 Å². The first kappa shape index (κ1) is 27.9. The van der Waals surface area contributed by atoms with Gasteiger partial charge in [0.1, 0.15) is 12.0 Å². The molecule has 2 bridgehead atoms.